The number of hydrogen-bond donors (Lipinski definition) is 3. The van der Waals surface area contributed by atoms with E-state index in [2.05, 4.69) is 22.5 Å². The van der Waals surface area contributed by atoms with Crippen molar-refractivity contribution >= 4 is 5.71 Å². The van der Waals surface area contributed by atoms with Crippen molar-refractivity contribution in [1.82, 2.24) is 5.48 Å². The molecule has 9 atom stereocenters. The molecule has 230 valence electrons. The average molecular weight is 590 g/mol. The number of aliphatic hydroxyl groups is 2. The fourth-order valence-corrected chi connectivity index (χ4v) is 4.33. The first-order valence-corrected chi connectivity index (χ1v) is 14.2. The molecule has 4 rings (SSSR count). The van der Waals surface area contributed by atoms with Crippen LogP contribution in [0.3, 0.4) is 0 Å². The number of ether oxygens (including phenoxy) is 2. The summed E-state index contributed by atoms with van der Waals surface area (Å²) in [6.45, 7) is 9.83. The number of aliphatic hydroxyl groups excluding tert-OH is 2. The Labute approximate surface area is 255 Å². The predicted molar refractivity (Wildman–Crippen MR) is 165 cm³/mol. The molecule has 0 aromatic heterocycles. The third-order valence-corrected chi connectivity index (χ3v) is 7.07. The van der Waals surface area contributed by atoms with Crippen molar-refractivity contribution in [2.45, 2.75) is 90.5 Å². The van der Waals surface area contributed by atoms with Gasteiger partial charge in [-0.05, 0) is 38.8 Å². The van der Waals surface area contributed by atoms with E-state index in [0.29, 0.717) is 18.9 Å². The Bertz CT molecular complexity index is 1220. The molecular formula is C34H43N3O6. The molecule has 0 spiro atoms. The fraction of sp³-hybridized carbons (Fsp3) is 0.471. The Morgan fingerprint density at radius 1 is 0.884 bits per heavy atom. The van der Waals surface area contributed by atoms with E-state index in [1.807, 2.05) is 88.4 Å². The van der Waals surface area contributed by atoms with Crippen molar-refractivity contribution in [2.75, 3.05) is 0 Å². The molecule has 1 fully saturated rings. The Morgan fingerprint density at radius 2 is 1.37 bits per heavy atom. The second-order valence-corrected chi connectivity index (χ2v) is 10.3. The topological polar surface area (TPSA) is 126 Å². The van der Waals surface area contributed by atoms with E-state index in [4.69, 9.17) is 37.3 Å². The van der Waals surface area contributed by atoms with Gasteiger partial charge in [-0.3, -0.25) is 4.84 Å². The monoisotopic (exact) mass is 589 g/mol. The minimum atomic E-state index is -0.813. The van der Waals surface area contributed by atoms with Gasteiger partial charge in [-0.2, -0.15) is 10.7 Å². The standard InChI is InChI=1S/C16H21NO3.C16H19NO3.C2H3N/c2*1-4-11(2)16-15(18)14(17-20-16)12(3)19-10-13-8-6-5-7-9-13;1-2-3/h1,5-9,11-12,14-18H,10H2,2-3H3;1,5-9,11-12,15-16,18H,10H2,2-3H3;1H3/t11-,12-,14-,15-,16-;11-,12-,15-,16-;/m11./s1. The van der Waals surface area contributed by atoms with Crippen LogP contribution >= 0.6 is 0 Å². The second-order valence-electron chi connectivity index (χ2n) is 10.3. The molecule has 43 heavy (non-hydrogen) atoms. The van der Waals surface area contributed by atoms with E-state index in [1.54, 1.807) is 6.07 Å². The van der Waals surface area contributed by atoms with Gasteiger partial charge in [-0.25, -0.2) is 0 Å². The third kappa shape index (κ3) is 10.8. The summed E-state index contributed by atoms with van der Waals surface area (Å²) >= 11 is 0. The zero-order chi connectivity index (χ0) is 31.8. The summed E-state index contributed by atoms with van der Waals surface area (Å²) in [7, 11) is 0. The predicted octanol–water partition coefficient (Wildman–Crippen LogP) is 4.00. The highest BCUT2D eigenvalue weighted by Crippen LogP contribution is 2.23. The van der Waals surface area contributed by atoms with Gasteiger partial charge in [-0.1, -0.05) is 71.7 Å². The summed E-state index contributed by atoms with van der Waals surface area (Å²) in [6.07, 6.45) is 7.85. The van der Waals surface area contributed by atoms with Gasteiger partial charge >= 0.3 is 0 Å². The number of terminal acetylenes is 2. The summed E-state index contributed by atoms with van der Waals surface area (Å²) in [6, 6.07) is 21.2. The van der Waals surface area contributed by atoms with Crippen LogP contribution in [-0.2, 0) is 32.4 Å². The van der Waals surface area contributed by atoms with Gasteiger partial charge in [0.15, 0.2) is 6.10 Å². The van der Waals surface area contributed by atoms with Gasteiger partial charge in [-0.15, -0.1) is 18.8 Å². The molecule has 0 amide bonds. The molecule has 0 radical (unpaired) electrons. The van der Waals surface area contributed by atoms with E-state index >= 15 is 0 Å². The van der Waals surface area contributed by atoms with Crippen LogP contribution in [0.4, 0.5) is 0 Å². The highest BCUT2D eigenvalue weighted by molar-refractivity contribution is 5.93. The summed E-state index contributed by atoms with van der Waals surface area (Å²) in [5, 5.41) is 31.7. The quantitative estimate of drug-likeness (QED) is 0.355. The lowest BCUT2D eigenvalue weighted by molar-refractivity contribution is -0.0222. The maximum Gasteiger partial charge on any atom is 0.172 e. The van der Waals surface area contributed by atoms with E-state index in [0.717, 1.165) is 11.1 Å². The molecule has 2 aromatic rings. The van der Waals surface area contributed by atoms with Crippen LogP contribution < -0.4 is 5.48 Å². The van der Waals surface area contributed by atoms with Crippen LogP contribution in [0.2, 0.25) is 0 Å². The molecular weight excluding hydrogens is 546 g/mol. The van der Waals surface area contributed by atoms with Gasteiger partial charge in [0.25, 0.3) is 0 Å². The fourth-order valence-electron chi connectivity index (χ4n) is 4.33. The highest BCUT2D eigenvalue weighted by atomic mass is 16.7. The Morgan fingerprint density at radius 3 is 1.88 bits per heavy atom. The number of benzene rings is 2. The minimum Gasteiger partial charge on any atom is -0.388 e. The molecule has 3 N–H and O–H groups in total. The van der Waals surface area contributed by atoms with Crippen molar-refractivity contribution in [2.24, 2.45) is 17.0 Å². The van der Waals surface area contributed by atoms with Gasteiger partial charge in [0.05, 0.1) is 43.5 Å². The number of hydroxylamine groups is 1. The lowest BCUT2D eigenvalue weighted by Crippen LogP contribution is -2.43. The molecule has 0 saturated carbocycles. The molecule has 2 heterocycles. The summed E-state index contributed by atoms with van der Waals surface area (Å²) < 4.78 is 11.5. The van der Waals surface area contributed by atoms with E-state index < -0.39 is 24.4 Å². The second kappa shape index (κ2) is 18.7. The van der Waals surface area contributed by atoms with Crippen molar-refractivity contribution in [3.8, 4) is 30.8 Å². The van der Waals surface area contributed by atoms with Gasteiger partial charge in [0, 0.05) is 12.8 Å². The Balaban J connectivity index is 0.000000275. The molecule has 9 nitrogen and oxygen atoms in total. The average Bonchev–Trinajstić information content (AvgIpc) is 3.62. The van der Waals surface area contributed by atoms with Crippen LogP contribution in [0.15, 0.2) is 65.8 Å². The van der Waals surface area contributed by atoms with E-state index in [-0.39, 0.29) is 30.1 Å². The normalized spacial score (nSPS) is 24.9. The molecule has 0 bridgehead atoms. The van der Waals surface area contributed by atoms with Crippen LogP contribution in [0.5, 0.6) is 0 Å². The molecule has 0 unspecified atom stereocenters. The largest absolute Gasteiger partial charge is 0.388 e. The first kappa shape index (κ1) is 35.5. The number of nitriles is 1. The number of hydrogen-bond acceptors (Lipinski definition) is 9. The van der Waals surface area contributed by atoms with Gasteiger partial charge in [0.1, 0.15) is 24.0 Å². The zero-order valence-corrected chi connectivity index (χ0v) is 25.5. The van der Waals surface area contributed by atoms with Crippen molar-refractivity contribution < 1.29 is 29.4 Å². The maximum atomic E-state index is 10.3. The van der Waals surface area contributed by atoms with Crippen LogP contribution in [0, 0.1) is 47.9 Å². The first-order valence-electron chi connectivity index (χ1n) is 14.2. The zero-order valence-electron chi connectivity index (χ0n) is 25.5. The van der Waals surface area contributed by atoms with Crippen molar-refractivity contribution in [1.29, 1.82) is 5.26 Å². The molecule has 1 saturated heterocycles. The van der Waals surface area contributed by atoms with Crippen LogP contribution in [0.1, 0.15) is 45.7 Å². The third-order valence-electron chi connectivity index (χ3n) is 7.07. The number of oxime groups is 1. The Kier molecular flexibility index (Phi) is 15.5. The molecule has 9 heteroatoms. The summed E-state index contributed by atoms with van der Waals surface area (Å²) in [4.78, 5) is 10.6. The molecule has 2 aromatic carbocycles. The van der Waals surface area contributed by atoms with E-state index in [1.165, 1.54) is 6.92 Å². The molecule has 0 aliphatic carbocycles. The molecule has 2 aliphatic heterocycles. The number of nitrogens with one attached hydrogen (secondary N) is 1. The lowest BCUT2D eigenvalue weighted by Gasteiger charge is -2.23. The summed E-state index contributed by atoms with van der Waals surface area (Å²) in [5.41, 5.74) is 5.50. The Hall–Kier alpha value is -3.72. The maximum absolute atomic E-state index is 10.3. The van der Waals surface area contributed by atoms with Crippen LogP contribution in [0.25, 0.3) is 0 Å². The number of rotatable bonds is 10. The van der Waals surface area contributed by atoms with Crippen molar-refractivity contribution in [3.05, 3.63) is 71.8 Å². The van der Waals surface area contributed by atoms with Gasteiger partial charge in [0.2, 0.25) is 0 Å². The van der Waals surface area contributed by atoms with Crippen LogP contribution in [-0.4, -0.2) is 58.6 Å². The SMILES string of the molecule is C#C[C@@H](C)[C@H]1ON=C([C@@H](C)OCc2ccccc2)[C@H]1O.C#C[C@@H](C)[C@H]1ON[C@H]([C@@H](C)OCc2ccccc2)[C@H]1O.CC#N. The highest BCUT2D eigenvalue weighted by Gasteiger charge is 2.42. The van der Waals surface area contributed by atoms with Crippen molar-refractivity contribution in [3.63, 3.8) is 0 Å². The van der Waals surface area contributed by atoms with Gasteiger partial charge < -0.3 is 24.5 Å². The first-order chi connectivity index (χ1) is 20.7. The molecule has 2 aliphatic rings. The van der Waals surface area contributed by atoms with E-state index in [9.17, 15) is 10.2 Å². The lowest BCUT2D eigenvalue weighted by atomic mass is 9.95. The summed E-state index contributed by atoms with van der Waals surface area (Å²) in [5.74, 6) is 4.79. The minimum absolute atomic E-state index is 0.149. The number of nitrogens with zero attached hydrogens (tertiary/aromatic N) is 2. The smallest absolute Gasteiger partial charge is 0.172 e.